The van der Waals surface area contributed by atoms with Crippen molar-refractivity contribution in [2.24, 2.45) is 0 Å². The smallest absolute Gasteiger partial charge is 0.107 e. The molecular formula is C14H24N2O4. The van der Waals surface area contributed by atoms with Gasteiger partial charge in [0.05, 0.1) is 37.3 Å². The Morgan fingerprint density at radius 3 is 2.45 bits per heavy atom. The third-order valence-electron chi connectivity index (χ3n) is 3.00. The zero-order valence-corrected chi connectivity index (χ0v) is 11.9. The van der Waals surface area contributed by atoms with Crippen LogP contribution in [0.2, 0.25) is 0 Å². The molecule has 0 radical (unpaired) electrons. The summed E-state index contributed by atoms with van der Waals surface area (Å²) in [5.41, 5.74) is 1.60. The zero-order valence-electron chi connectivity index (χ0n) is 11.9. The van der Waals surface area contributed by atoms with Crippen molar-refractivity contribution in [2.75, 3.05) is 19.8 Å². The van der Waals surface area contributed by atoms with Crippen molar-refractivity contribution in [1.82, 2.24) is 9.97 Å². The summed E-state index contributed by atoms with van der Waals surface area (Å²) in [5, 5.41) is 27.8. The molecule has 0 saturated carbocycles. The highest BCUT2D eigenvalue weighted by Gasteiger charge is 2.20. The SMILES string of the molecule is CCCCc1cnc(C[C@H](O)[C@H](CO)OCCO)cn1. The molecule has 20 heavy (non-hydrogen) atoms. The van der Waals surface area contributed by atoms with Gasteiger partial charge in [-0.25, -0.2) is 0 Å². The summed E-state index contributed by atoms with van der Waals surface area (Å²) in [6, 6.07) is 0. The maximum Gasteiger partial charge on any atom is 0.107 e. The second-order valence-electron chi connectivity index (χ2n) is 4.69. The Labute approximate surface area is 119 Å². The number of rotatable bonds is 10. The summed E-state index contributed by atoms with van der Waals surface area (Å²) in [6.45, 7) is 1.77. The number of hydrogen-bond acceptors (Lipinski definition) is 6. The number of ether oxygens (including phenoxy) is 1. The van der Waals surface area contributed by atoms with E-state index in [4.69, 9.17) is 14.9 Å². The van der Waals surface area contributed by atoms with Crippen LogP contribution in [0.1, 0.15) is 31.2 Å². The van der Waals surface area contributed by atoms with E-state index in [1.807, 2.05) is 0 Å². The van der Waals surface area contributed by atoms with E-state index in [2.05, 4.69) is 16.9 Å². The van der Waals surface area contributed by atoms with Crippen LogP contribution in [0.5, 0.6) is 0 Å². The van der Waals surface area contributed by atoms with Crippen LogP contribution in [0, 0.1) is 0 Å². The maximum absolute atomic E-state index is 9.97. The molecule has 114 valence electrons. The van der Waals surface area contributed by atoms with Crippen LogP contribution in [0.3, 0.4) is 0 Å². The van der Waals surface area contributed by atoms with Crippen molar-refractivity contribution in [2.45, 2.75) is 44.8 Å². The predicted octanol–water partition coefficient (Wildman–Crippen LogP) is 0.0924. The molecule has 0 unspecified atom stereocenters. The van der Waals surface area contributed by atoms with Gasteiger partial charge in [0.1, 0.15) is 6.10 Å². The quantitative estimate of drug-likeness (QED) is 0.563. The van der Waals surface area contributed by atoms with Crippen molar-refractivity contribution >= 4 is 0 Å². The summed E-state index contributed by atoms with van der Waals surface area (Å²) in [7, 11) is 0. The molecule has 0 aliphatic rings. The van der Waals surface area contributed by atoms with Crippen LogP contribution in [-0.4, -0.2) is 57.3 Å². The number of aliphatic hydroxyl groups is 3. The Bertz CT molecular complexity index is 359. The molecule has 0 aliphatic carbocycles. The van der Waals surface area contributed by atoms with Crippen LogP contribution in [0.4, 0.5) is 0 Å². The van der Waals surface area contributed by atoms with Crippen molar-refractivity contribution in [1.29, 1.82) is 0 Å². The number of aliphatic hydroxyl groups excluding tert-OH is 3. The van der Waals surface area contributed by atoms with Gasteiger partial charge in [0.15, 0.2) is 0 Å². The minimum atomic E-state index is -0.873. The third-order valence-corrected chi connectivity index (χ3v) is 3.00. The number of nitrogens with zero attached hydrogens (tertiary/aromatic N) is 2. The molecule has 0 saturated heterocycles. The molecule has 0 amide bonds. The Morgan fingerprint density at radius 1 is 1.20 bits per heavy atom. The van der Waals surface area contributed by atoms with E-state index in [0.29, 0.717) is 5.69 Å². The van der Waals surface area contributed by atoms with Gasteiger partial charge >= 0.3 is 0 Å². The molecule has 0 bridgehead atoms. The fourth-order valence-electron chi connectivity index (χ4n) is 1.81. The van der Waals surface area contributed by atoms with E-state index in [9.17, 15) is 5.11 Å². The standard InChI is InChI=1S/C14H24N2O4/c1-2-3-4-11-8-16-12(9-15-11)7-13(19)14(10-18)20-6-5-17/h8-9,13-14,17-19H,2-7,10H2,1H3/t13-,14-/m0/s1. The minimum Gasteiger partial charge on any atom is -0.394 e. The van der Waals surface area contributed by atoms with Gasteiger partial charge < -0.3 is 20.1 Å². The molecular weight excluding hydrogens is 260 g/mol. The van der Waals surface area contributed by atoms with Crippen LogP contribution >= 0.6 is 0 Å². The molecule has 1 heterocycles. The second-order valence-corrected chi connectivity index (χ2v) is 4.69. The Balaban J connectivity index is 2.49. The van der Waals surface area contributed by atoms with Gasteiger partial charge in [-0.15, -0.1) is 0 Å². The molecule has 1 aromatic heterocycles. The molecule has 1 aromatic rings. The van der Waals surface area contributed by atoms with Crippen LogP contribution < -0.4 is 0 Å². The minimum absolute atomic E-state index is 0.0872. The second kappa shape index (κ2) is 9.77. The Morgan fingerprint density at radius 2 is 1.90 bits per heavy atom. The molecule has 1 rings (SSSR count). The van der Waals surface area contributed by atoms with Crippen LogP contribution in [0.25, 0.3) is 0 Å². The molecule has 2 atom stereocenters. The van der Waals surface area contributed by atoms with Crippen molar-refractivity contribution < 1.29 is 20.1 Å². The lowest BCUT2D eigenvalue weighted by atomic mass is 10.1. The van der Waals surface area contributed by atoms with Gasteiger partial charge in [0.25, 0.3) is 0 Å². The van der Waals surface area contributed by atoms with Gasteiger partial charge in [-0.1, -0.05) is 13.3 Å². The third kappa shape index (κ3) is 5.92. The Kier molecular flexibility index (Phi) is 8.29. The van der Waals surface area contributed by atoms with Crippen molar-refractivity contribution in [3.63, 3.8) is 0 Å². The van der Waals surface area contributed by atoms with Gasteiger partial charge in [-0.2, -0.15) is 0 Å². The van der Waals surface area contributed by atoms with E-state index in [-0.39, 0.29) is 26.2 Å². The molecule has 0 spiro atoms. The van der Waals surface area contributed by atoms with Gasteiger partial charge in [-0.3, -0.25) is 9.97 Å². The monoisotopic (exact) mass is 284 g/mol. The van der Waals surface area contributed by atoms with E-state index in [1.54, 1.807) is 12.4 Å². The van der Waals surface area contributed by atoms with E-state index < -0.39 is 12.2 Å². The lowest BCUT2D eigenvalue weighted by Crippen LogP contribution is -2.35. The number of unbranched alkanes of at least 4 members (excludes halogenated alkanes) is 1. The average molecular weight is 284 g/mol. The molecule has 0 aliphatic heterocycles. The van der Waals surface area contributed by atoms with E-state index in [0.717, 1.165) is 25.0 Å². The topological polar surface area (TPSA) is 95.7 Å². The van der Waals surface area contributed by atoms with Gasteiger partial charge in [0.2, 0.25) is 0 Å². The summed E-state index contributed by atoms with van der Waals surface area (Å²) >= 11 is 0. The van der Waals surface area contributed by atoms with Gasteiger partial charge in [-0.05, 0) is 12.8 Å². The number of aryl methyl sites for hydroxylation is 1. The lowest BCUT2D eigenvalue weighted by Gasteiger charge is -2.20. The summed E-state index contributed by atoms with van der Waals surface area (Å²) < 4.78 is 5.15. The number of hydrogen-bond donors (Lipinski definition) is 3. The molecule has 6 nitrogen and oxygen atoms in total. The van der Waals surface area contributed by atoms with Crippen molar-refractivity contribution in [3.05, 3.63) is 23.8 Å². The first-order valence-electron chi connectivity index (χ1n) is 7.02. The highest BCUT2D eigenvalue weighted by Crippen LogP contribution is 2.07. The lowest BCUT2D eigenvalue weighted by molar-refractivity contribution is -0.0706. The molecule has 0 fully saturated rings. The van der Waals surface area contributed by atoms with E-state index in [1.165, 1.54) is 0 Å². The fraction of sp³-hybridized carbons (Fsp3) is 0.714. The van der Waals surface area contributed by atoms with Crippen LogP contribution in [0.15, 0.2) is 12.4 Å². The summed E-state index contributed by atoms with van der Waals surface area (Å²) in [6.07, 6.45) is 5.14. The van der Waals surface area contributed by atoms with Gasteiger partial charge in [0, 0.05) is 18.8 Å². The Hall–Kier alpha value is -1.08. The fourth-order valence-corrected chi connectivity index (χ4v) is 1.81. The number of aromatic nitrogens is 2. The highest BCUT2D eigenvalue weighted by atomic mass is 16.5. The van der Waals surface area contributed by atoms with E-state index >= 15 is 0 Å². The predicted molar refractivity (Wildman–Crippen MR) is 74.3 cm³/mol. The average Bonchev–Trinajstić information content (AvgIpc) is 2.47. The first kappa shape index (κ1) is 17.0. The molecule has 0 aromatic carbocycles. The first-order valence-corrected chi connectivity index (χ1v) is 7.02. The van der Waals surface area contributed by atoms with Crippen molar-refractivity contribution in [3.8, 4) is 0 Å². The highest BCUT2D eigenvalue weighted by molar-refractivity contribution is 5.04. The summed E-state index contributed by atoms with van der Waals surface area (Å²) in [5.74, 6) is 0. The molecule has 3 N–H and O–H groups in total. The normalized spacial score (nSPS) is 14.2. The molecule has 6 heteroatoms. The first-order chi connectivity index (χ1) is 9.71. The zero-order chi connectivity index (χ0) is 14.8. The van der Waals surface area contributed by atoms with Crippen LogP contribution in [-0.2, 0) is 17.6 Å². The summed E-state index contributed by atoms with van der Waals surface area (Å²) in [4.78, 5) is 8.56. The maximum atomic E-state index is 9.97. The largest absolute Gasteiger partial charge is 0.394 e.